The molecule has 1 aromatic rings. The molecule has 1 aliphatic rings. The van der Waals surface area contributed by atoms with Crippen molar-refractivity contribution in [2.75, 3.05) is 6.61 Å². The first-order valence-electron chi connectivity index (χ1n) is 10.9. The van der Waals surface area contributed by atoms with Gasteiger partial charge in [0.2, 0.25) is 0 Å². The van der Waals surface area contributed by atoms with Gasteiger partial charge in [-0.2, -0.15) is 10.5 Å². The van der Waals surface area contributed by atoms with Crippen LogP contribution in [0.3, 0.4) is 0 Å². The van der Waals surface area contributed by atoms with Gasteiger partial charge in [-0.05, 0) is 49.7 Å². The third-order valence-electron chi connectivity index (χ3n) is 6.25. The van der Waals surface area contributed by atoms with E-state index in [4.69, 9.17) is 4.74 Å². The van der Waals surface area contributed by atoms with Gasteiger partial charge in [0, 0.05) is 0 Å². The lowest BCUT2D eigenvalue weighted by Crippen LogP contribution is -2.40. The molecule has 29 heavy (non-hydrogen) atoms. The second-order valence-corrected chi connectivity index (χ2v) is 8.11. The smallest absolute Gasteiger partial charge is 0.314 e. The second-order valence-electron chi connectivity index (χ2n) is 8.11. The monoisotopic (exact) mass is 396 g/mol. The van der Waals surface area contributed by atoms with Gasteiger partial charge in [0.1, 0.15) is 23.5 Å². The molecule has 0 heterocycles. The van der Waals surface area contributed by atoms with E-state index in [1.54, 1.807) is 12.1 Å². The molecule has 0 aliphatic heterocycles. The Balaban J connectivity index is 2.33. The molecule has 1 fully saturated rings. The molecule has 1 saturated carbocycles. The summed E-state index contributed by atoms with van der Waals surface area (Å²) >= 11 is 0. The summed E-state index contributed by atoms with van der Waals surface area (Å²) in [4.78, 5) is 12.4. The number of benzene rings is 1. The Kier molecular flexibility index (Phi) is 8.52. The highest BCUT2D eigenvalue weighted by Crippen LogP contribution is 2.45. The minimum atomic E-state index is -1.10. The van der Waals surface area contributed by atoms with Crippen LogP contribution < -0.4 is 4.74 Å². The lowest BCUT2D eigenvalue weighted by atomic mass is 9.64. The van der Waals surface area contributed by atoms with Gasteiger partial charge in [-0.1, -0.05) is 52.0 Å². The van der Waals surface area contributed by atoms with Crippen molar-refractivity contribution >= 4 is 5.97 Å². The van der Waals surface area contributed by atoms with Crippen molar-refractivity contribution in [1.82, 2.24) is 0 Å². The van der Waals surface area contributed by atoms with Crippen LogP contribution in [0.25, 0.3) is 0 Å². The maximum atomic E-state index is 12.4. The summed E-state index contributed by atoms with van der Waals surface area (Å²) in [6, 6.07) is 7.56. The number of aliphatic carboxylic acids is 1. The first kappa shape index (κ1) is 22.8. The van der Waals surface area contributed by atoms with Crippen LogP contribution >= 0.6 is 0 Å². The highest BCUT2D eigenvalue weighted by Gasteiger charge is 2.45. The molecule has 0 bridgehead atoms. The number of ether oxygens (including phenoxy) is 1. The molecule has 0 amide bonds. The van der Waals surface area contributed by atoms with Gasteiger partial charge in [-0.3, -0.25) is 4.79 Å². The molecule has 2 rings (SSSR count). The number of hydrogen-bond acceptors (Lipinski definition) is 4. The Morgan fingerprint density at radius 3 is 2.31 bits per heavy atom. The molecule has 0 radical (unpaired) electrons. The van der Waals surface area contributed by atoms with Crippen molar-refractivity contribution in [1.29, 1.82) is 10.5 Å². The highest BCUT2D eigenvalue weighted by molar-refractivity contribution is 5.83. The van der Waals surface area contributed by atoms with E-state index in [0.717, 1.165) is 32.1 Å². The van der Waals surface area contributed by atoms with Crippen LogP contribution in [0.4, 0.5) is 0 Å². The normalized spacial score (nSPS) is 21.2. The van der Waals surface area contributed by atoms with Crippen molar-refractivity contribution in [2.24, 2.45) is 5.92 Å². The Morgan fingerprint density at radius 2 is 1.76 bits per heavy atom. The quantitative estimate of drug-likeness (QED) is 0.512. The summed E-state index contributed by atoms with van der Waals surface area (Å²) < 4.78 is 5.70. The molecule has 1 aliphatic carbocycles. The van der Waals surface area contributed by atoms with E-state index in [1.165, 1.54) is 19.3 Å². The summed E-state index contributed by atoms with van der Waals surface area (Å²) in [5, 5.41) is 29.6. The Labute approximate surface area is 174 Å². The third-order valence-corrected chi connectivity index (χ3v) is 6.25. The molecular formula is C24H32N2O3. The largest absolute Gasteiger partial charge is 0.492 e. The van der Waals surface area contributed by atoms with E-state index in [1.807, 2.05) is 6.92 Å². The molecule has 1 N–H and O–H groups in total. The average Bonchev–Trinajstić information content (AvgIpc) is 2.74. The average molecular weight is 397 g/mol. The first-order valence-corrected chi connectivity index (χ1v) is 10.9. The van der Waals surface area contributed by atoms with E-state index in [0.29, 0.717) is 36.7 Å². The van der Waals surface area contributed by atoms with E-state index >= 15 is 0 Å². The van der Waals surface area contributed by atoms with Gasteiger partial charge < -0.3 is 9.84 Å². The number of rotatable bonds is 10. The minimum Gasteiger partial charge on any atom is -0.492 e. The molecule has 156 valence electrons. The summed E-state index contributed by atoms with van der Waals surface area (Å²) in [6.45, 7) is 4.70. The number of unbranched alkanes of at least 4 members (excludes halogenated alkanes) is 3. The Hall–Kier alpha value is -2.53. The van der Waals surface area contributed by atoms with Crippen molar-refractivity contribution in [2.45, 2.75) is 83.5 Å². The van der Waals surface area contributed by atoms with Crippen LogP contribution in [-0.4, -0.2) is 17.7 Å². The van der Waals surface area contributed by atoms with Crippen molar-refractivity contribution in [3.05, 3.63) is 28.8 Å². The Morgan fingerprint density at radius 1 is 1.10 bits per heavy atom. The third kappa shape index (κ3) is 5.10. The van der Waals surface area contributed by atoms with Crippen LogP contribution in [0.1, 0.15) is 94.7 Å². The zero-order chi connectivity index (χ0) is 21.3. The summed E-state index contributed by atoms with van der Waals surface area (Å²) in [5.41, 5.74) is -0.307. The molecule has 5 heteroatoms. The van der Waals surface area contributed by atoms with Gasteiger partial charge in [-0.25, -0.2) is 0 Å². The predicted octanol–water partition coefficient (Wildman–Crippen LogP) is 5.70. The molecule has 0 unspecified atom stereocenters. The number of carbonyl (C=O) groups is 1. The van der Waals surface area contributed by atoms with Crippen LogP contribution in [0.2, 0.25) is 0 Å². The molecule has 0 saturated heterocycles. The zero-order valence-corrected chi connectivity index (χ0v) is 17.7. The second kappa shape index (κ2) is 10.9. The fourth-order valence-electron chi connectivity index (χ4n) is 4.40. The lowest BCUT2D eigenvalue weighted by Gasteiger charge is -2.38. The van der Waals surface area contributed by atoms with E-state index in [-0.39, 0.29) is 11.1 Å². The van der Waals surface area contributed by atoms with Crippen LogP contribution in [0.15, 0.2) is 12.1 Å². The van der Waals surface area contributed by atoms with E-state index < -0.39 is 11.4 Å². The first-order chi connectivity index (χ1) is 14.0. The maximum absolute atomic E-state index is 12.4. The van der Waals surface area contributed by atoms with Gasteiger partial charge in [-0.15, -0.1) is 0 Å². The van der Waals surface area contributed by atoms with Gasteiger partial charge >= 0.3 is 5.97 Å². The number of carboxylic acids is 1. The lowest BCUT2D eigenvalue weighted by molar-refractivity contribution is -0.145. The fraction of sp³-hybridized carbons (Fsp3) is 0.625. The van der Waals surface area contributed by atoms with Gasteiger partial charge in [0.25, 0.3) is 0 Å². The molecule has 0 spiro atoms. The summed E-state index contributed by atoms with van der Waals surface area (Å²) in [6.07, 6.45) is 9.25. The number of nitrogens with zero attached hydrogens (tertiary/aromatic N) is 2. The van der Waals surface area contributed by atoms with E-state index in [9.17, 15) is 20.4 Å². The van der Waals surface area contributed by atoms with Gasteiger partial charge in [0.15, 0.2) is 0 Å². The summed E-state index contributed by atoms with van der Waals surface area (Å²) in [5.74, 6) is 0.0197. The van der Waals surface area contributed by atoms with Gasteiger partial charge in [0.05, 0.1) is 17.6 Å². The molecule has 1 aromatic carbocycles. The van der Waals surface area contributed by atoms with Crippen LogP contribution in [0, 0.1) is 28.6 Å². The van der Waals surface area contributed by atoms with Crippen molar-refractivity contribution < 1.29 is 14.6 Å². The SMILES string of the molecule is CCCCCC1CCC(C(=O)O)(c2ccc(OCCCC)c(C#N)c2C#N)CC1. The van der Waals surface area contributed by atoms with Crippen molar-refractivity contribution in [3.63, 3.8) is 0 Å². The number of hydrogen-bond donors (Lipinski definition) is 1. The minimum absolute atomic E-state index is 0.159. The molecular weight excluding hydrogens is 364 g/mol. The van der Waals surface area contributed by atoms with Crippen molar-refractivity contribution in [3.8, 4) is 17.9 Å². The topological polar surface area (TPSA) is 94.1 Å². The van der Waals surface area contributed by atoms with Crippen LogP contribution in [-0.2, 0) is 10.2 Å². The fourth-order valence-corrected chi connectivity index (χ4v) is 4.40. The standard InChI is InChI=1S/C24H32N2O3/c1-3-5-7-8-18-11-13-24(14-12-18,23(27)28)21-9-10-22(29-15-6-4-2)20(17-26)19(21)16-25/h9-10,18H,3-8,11-15H2,1-2H3,(H,27,28). The Bertz CT molecular complexity index is 781. The highest BCUT2D eigenvalue weighted by atomic mass is 16.5. The maximum Gasteiger partial charge on any atom is 0.314 e. The summed E-state index contributed by atoms with van der Waals surface area (Å²) in [7, 11) is 0. The van der Waals surface area contributed by atoms with Crippen LogP contribution in [0.5, 0.6) is 5.75 Å². The number of carboxylic acid groups (broad SMARTS) is 1. The zero-order valence-electron chi connectivity index (χ0n) is 17.7. The number of nitriles is 2. The predicted molar refractivity (Wildman–Crippen MR) is 112 cm³/mol. The molecule has 0 aromatic heterocycles. The van der Waals surface area contributed by atoms with E-state index in [2.05, 4.69) is 19.1 Å². The molecule has 0 atom stereocenters. The molecule has 5 nitrogen and oxygen atoms in total.